The van der Waals surface area contributed by atoms with Crippen molar-refractivity contribution in [3.05, 3.63) is 28.2 Å². The summed E-state index contributed by atoms with van der Waals surface area (Å²) in [5, 5.41) is 11.7. The van der Waals surface area contributed by atoms with Gasteiger partial charge in [-0.15, -0.1) is 0 Å². The van der Waals surface area contributed by atoms with Crippen molar-refractivity contribution in [1.29, 1.82) is 5.26 Å². The molecule has 1 aromatic carbocycles. The molecule has 18 heavy (non-hydrogen) atoms. The Morgan fingerprint density at radius 3 is 3.00 bits per heavy atom. The SMILES string of the molecule is CCOCCCC(=O)Nc1cc(Br)ccc1C#N. The zero-order valence-corrected chi connectivity index (χ0v) is 11.8. The third kappa shape index (κ3) is 4.86. The van der Waals surface area contributed by atoms with E-state index in [0.717, 1.165) is 4.47 Å². The van der Waals surface area contributed by atoms with Crippen molar-refractivity contribution in [3.8, 4) is 6.07 Å². The molecule has 0 spiro atoms. The summed E-state index contributed by atoms with van der Waals surface area (Å²) in [4.78, 5) is 11.7. The maximum atomic E-state index is 11.7. The lowest BCUT2D eigenvalue weighted by Gasteiger charge is -2.07. The van der Waals surface area contributed by atoms with Crippen molar-refractivity contribution in [2.75, 3.05) is 18.5 Å². The highest BCUT2D eigenvalue weighted by Gasteiger charge is 2.07. The molecule has 1 amide bonds. The van der Waals surface area contributed by atoms with E-state index in [2.05, 4.69) is 21.2 Å². The van der Waals surface area contributed by atoms with E-state index in [1.165, 1.54) is 0 Å². The molecule has 0 aliphatic carbocycles. The van der Waals surface area contributed by atoms with Gasteiger partial charge >= 0.3 is 0 Å². The molecular weight excluding hydrogens is 296 g/mol. The van der Waals surface area contributed by atoms with Gasteiger partial charge in [-0.25, -0.2) is 0 Å². The van der Waals surface area contributed by atoms with Crippen molar-refractivity contribution in [2.45, 2.75) is 19.8 Å². The van der Waals surface area contributed by atoms with Gasteiger partial charge in [-0.05, 0) is 31.5 Å². The molecule has 0 radical (unpaired) electrons. The van der Waals surface area contributed by atoms with E-state index in [9.17, 15) is 4.79 Å². The van der Waals surface area contributed by atoms with Gasteiger partial charge in [-0.3, -0.25) is 4.79 Å². The van der Waals surface area contributed by atoms with Gasteiger partial charge in [-0.1, -0.05) is 15.9 Å². The number of nitriles is 1. The summed E-state index contributed by atoms with van der Waals surface area (Å²) >= 11 is 3.31. The fraction of sp³-hybridized carbons (Fsp3) is 0.385. The molecule has 0 fully saturated rings. The molecule has 96 valence electrons. The van der Waals surface area contributed by atoms with Gasteiger partial charge in [0.25, 0.3) is 0 Å². The Bertz CT molecular complexity index is 455. The first-order valence-corrected chi connectivity index (χ1v) is 6.54. The second-order valence-electron chi connectivity index (χ2n) is 3.65. The predicted octanol–water partition coefficient (Wildman–Crippen LogP) is 3.08. The summed E-state index contributed by atoms with van der Waals surface area (Å²) in [5.41, 5.74) is 0.990. The fourth-order valence-electron chi connectivity index (χ4n) is 1.41. The first kappa shape index (κ1) is 14.7. The van der Waals surface area contributed by atoms with Gasteiger partial charge in [-0.2, -0.15) is 5.26 Å². The standard InChI is InChI=1S/C13H15BrN2O2/c1-2-18-7-3-4-13(17)16-12-8-11(14)6-5-10(12)9-15/h5-6,8H,2-4,7H2,1H3,(H,16,17). The third-order valence-electron chi connectivity index (χ3n) is 2.27. The summed E-state index contributed by atoms with van der Waals surface area (Å²) in [7, 11) is 0. The second kappa shape index (κ2) is 7.85. The summed E-state index contributed by atoms with van der Waals surface area (Å²) in [5.74, 6) is -0.107. The number of hydrogen-bond donors (Lipinski definition) is 1. The van der Waals surface area contributed by atoms with E-state index < -0.39 is 0 Å². The Kier molecular flexibility index (Phi) is 6.40. The lowest BCUT2D eigenvalue weighted by atomic mass is 10.2. The number of hydrogen-bond acceptors (Lipinski definition) is 3. The molecule has 0 unspecified atom stereocenters. The summed E-state index contributed by atoms with van der Waals surface area (Å²) in [6.07, 6.45) is 1.06. The zero-order valence-electron chi connectivity index (χ0n) is 10.2. The number of anilines is 1. The topological polar surface area (TPSA) is 62.1 Å². The van der Waals surface area contributed by atoms with Gasteiger partial charge in [0, 0.05) is 24.1 Å². The molecule has 0 atom stereocenters. The number of amides is 1. The van der Waals surface area contributed by atoms with Crippen molar-refractivity contribution in [2.24, 2.45) is 0 Å². The maximum Gasteiger partial charge on any atom is 0.224 e. The van der Waals surface area contributed by atoms with Gasteiger partial charge in [0.2, 0.25) is 5.91 Å². The van der Waals surface area contributed by atoms with Crippen LogP contribution in [-0.2, 0) is 9.53 Å². The number of nitrogens with zero attached hydrogens (tertiary/aromatic N) is 1. The van der Waals surface area contributed by atoms with Crippen molar-refractivity contribution in [3.63, 3.8) is 0 Å². The molecule has 1 rings (SSSR count). The number of halogens is 1. The Hall–Kier alpha value is -1.38. The van der Waals surface area contributed by atoms with Crippen LogP contribution in [0.1, 0.15) is 25.3 Å². The number of rotatable bonds is 6. The highest BCUT2D eigenvalue weighted by molar-refractivity contribution is 9.10. The molecule has 0 bridgehead atoms. The van der Waals surface area contributed by atoms with E-state index in [1.807, 2.05) is 13.0 Å². The van der Waals surface area contributed by atoms with Crippen molar-refractivity contribution in [1.82, 2.24) is 0 Å². The normalized spacial score (nSPS) is 9.83. The van der Waals surface area contributed by atoms with Crippen LogP contribution in [-0.4, -0.2) is 19.1 Å². The van der Waals surface area contributed by atoms with Crippen molar-refractivity contribution >= 4 is 27.5 Å². The molecule has 4 nitrogen and oxygen atoms in total. The highest BCUT2D eigenvalue weighted by atomic mass is 79.9. The summed E-state index contributed by atoms with van der Waals surface area (Å²) in [6.45, 7) is 3.15. The predicted molar refractivity (Wildman–Crippen MR) is 73.2 cm³/mol. The van der Waals surface area contributed by atoms with E-state index in [-0.39, 0.29) is 5.91 Å². The summed E-state index contributed by atoms with van der Waals surface area (Å²) in [6, 6.07) is 7.20. The lowest BCUT2D eigenvalue weighted by Crippen LogP contribution is -2.13. The molecular formula is C13H15BrN2O2. The number of carbonyl (C=O) groups is 1. The quantitative estimate of drug-likeness (QED) is 0.821. The minimum atomic E-state index is -0.107. The van der Waals surface area contributed by atoms with E-state index in [1.54, 1.807) is 18.2 Å². The first-order valence-electron chi connectivity index (χ1n) is 5.74. The van der Waals surface area contributed by atoms with Gasteiger partial charge < -0.3 is 10.1 Å². The monoisotopic (exact) mass is 310 g/mol. The largest absolute Gasteiger partial charge is 0.382 e. The molecule has 1 N–H and O–H groups in total. The minimum absolute atomic E-state index is 0.107. The number of nitrogens with one attached hydrogen (secondary N) is 1. The Labute approximate surface area is 115 Å². The molecule has 0 saturated heterocycles. The van der Waals surface area contributed by atoms with Crippen LogP contribution in [0.15, 0.2) is 22.7 Å². The molecule has 5 heteroatoms. The van der Waals surface area contributed by atoms with Crippen molar-refractivity contribution < 1.29 is 9.53 Å². The number of benzene rings is 1. The van der Waals surface area contributed by atoms with Gasteiger partial charge in [0.05, 0.1) is 11.3 Å². The minimum Gasteiger partial charge on any atom is -0.382 e. The van der Waals surface area contributed by atoms with Gasteiger partial charge in [0.15, 0.2) is 0 Å². The van der Waals surface area contributed by atoms with Crippen LogP contribution in [0.25, 0.3) is 0 Å². The van der Waals surface area contributed by atoms with Crippen LogP contribution in [0.4, 0.5) is 5.69 Å². The van der Waals surface area contributed by atoms with Crippen LogP contribution in [0.3, 0.4) is 0 Å². The van der Waals surface area contributed by atoms with Crippen LogP contribution >= 0.6 is 15.9 Å². The van der Waals surface area contributed by atoms with E-state index in [4.69, 9.17) is 10.00 Å². The molecule has 0 saturated carbocycles. The average molecular weight is 311 g/mol. The van der Waals surface area contributed by atoms with Crippen LogP contribution < -0.4 is 5.32 Å². The smallest absolute Gasteiger partial charge is 0.224 e. The number of carbonyl (C=O) groups excluding carboxylic acids is 1. The zero-order chi connectivity index (χ0) is 13.4. The van der Waals surface area contributed by atoms with E-state index >= 15 is 0 Å². The summed E-state index contributed by atoms with van der Waals surface area (Å²) < 4.78 is 5.98. The molecule has 1 aromatic rings. The Morgan fingerprint density at radius 1 is 1.56 bits per heavy atom. The number of ether oxygens (including phenoxy) is 1. The Morgan fingerprint density at radius 2 is 2.33 bits per heavy atom. The molecule has 0 heterocycles. The second-order valence-corrected chi connectivity index (χ2v) is 4.57. The van der Waals surface area contributed by atoms with Crippen LogP contribution in [0.2, 0.25) is 0 Å². The first-order chi connectivity index (χ1) is 8.67. The van der Waals surface area contributed by atoms with Gasteiger partial charge in [0.1, 0.15) is 6.07 Å². The third-order valence-corrected chi connectivity index (χ3v) is 2.77. The average Bonchev–Trinajstić information content (AvgIpc) is 2.35. The lowest BCUT2D eigenvalue weighted by molar-refractivity contribution is -0.116. The maximum absolute atomic E-state index is 11.7. The van der Waals surface area contributed by atoms with Crippen LogP contribution in [0, 0.1) is 11.3 Å². The molecule has 0 aliphatic rings. The highest BCUT2D eigenvalue weighted by Crippen LogP contribution is 2.21. The van der Waals surface area contributed by atoms with Crippen LogP contribution in [0.5, 0.6) is 0 Å². The fourth-order valence-corrected chi connectivity index (χ4v) is 1.77. The molecule has 0 aliphatic heterocycles. The van der Waals surface area contributed by atoms with E-state index in [0.29, 0.717) is 37.3 Å². The molecule has 0 aromatic heterocycles. The Balaban J connectivity index is 2.54.